The Hall–Kier alpha value is -2.35. The van der Waals surface area contributed by atoms with Gasteiger partial charge in [0.1, 0.15) is 5.41 Å². The summed E-state index contributed by atoms with van der Waals surface area (Å²) < 4.78 is 0. The van der Waals surface area contributed by atoms with Crippen LogP contribution in [0.3, 0.4) is 0 Å². The molecule has 1 aromatic carbocycles. The van der Waals surface area contributed by atoms with E-state index in [4.69, 9.17) is 0 Å². The van der Waals surface area contributed by atoms with Gasteiger partial charge in [0.2, 0.25) is 5.91 Å². The number of benzene rings is 1. The van der Waals surface area contributed by atoms with Crippen molar-refractivity contribution < 1.29 is 9.59 Å². The third-order valence-electron chi connectivity index (χ3n) is 4.40. The van der Waals surface area contributed by atoms with Gasteiger partial charge in [0.05, 0.1) is 6.07 Å². The number of nitriles is 1. The van der Waals surface area contributed by atoms with Gasteiger partial charge in [-0.2, -0.15) is 5.26 Å². The van der Waals surface area contributed by atoms with Gasteiger partial charge in [-0.1, -0.05) is 18.9 Å². The molecule has 0 aliphatic heterocycles. The monoisotopic (exact) mass is 297 g/mol. The molecule has 22 heavy (non-hydrogen) atoms. The van der Waals surface area contributed by atoms with Gasteiger partial charge in [0.15, 0.2) is 0 Å². The molecule has 0 radical (unpaired) electrons. The molecule has 0 atom stereocenters. The van der Waals surface area contributed by atoms with Crippen molar-refractivity contribution in [3.05, 3.63) is 29.8 Å². The predicted octanol–water partition coefficient (Wildman–Crippen LogP) is 2.60. The number of hydrogen-bond acceptors (Lipinski definition) is 3. The minimum Gasteiger partial charge on any atom is -0.349 e. The van der Waals surface area contributed by atoms with Crippen LogP contribution in [0.25, 0.3) is 0 Å². The average Bonchev–Trinajstić information content (AvgIpc) is 3.20. The number of nitrogens with one attached hydrogen (secondary N) is 2. The molecule has 2 fully saturated rings. The Bertz CT molecular complexity index is 638. The highest BCUT2D eigenvalue weighted by Crippen LogP contribution is 2.38. The van der Waals surface area contributed by atoms with Crippen molar-refractivity contribution in [2.75, 3.05) is 5.32 Å². The lowest BCUT2D eigenvalue weighted by Crippen LogP contribution is -2.32. The fourth-order valence-electron chi connectivity index (χ4n) is 2.85. The molecule has 3 rings (SSSR count). The molecule has 0 bridgehead atoms. The fourth-order valence-corrected chi connectivity index (χ4v) is 2.85. The first-order chi connectivity index (χ1) is 10.6. The van der Waals surface area contributed by atoms with Crippen LogP contribution in [0.4, 0.5) is 5.69 Å². The first kappa shape index (κ1) is 14.6. The number of nitrogens with zero attached hydrogens (tertiary/aromatic N) is 1. The highest BCUT2D eigenvalue weighted by atomic mass is 16.2. The minimum absolute atomic E-state index is 0.116. The molecule has 2 aliphatic carbocycles. The van der Waals surface area contributed by atoms with Crippen LogP contribution >= 0.6 is 0 Å². The number of carbonyl (C=O) groups is 2. The van der Waals surface area contributed by atoms with Gasteiger partial charge in [-0.25, -0.2) is 0 Å². The maximum absolute atomic E-state index is 12.4. The van der Waals surface area contributed by atoms with E-state index in [2.05, 4.69) is 16.7 Å². The standard InChI is InChI=1S/C17H19N3O2/c18-11-17(8-1-2-9-17)16(22)20-14-5-3-4-12(10-14)15(21)19-13-6-7-13/h3-5,10,13H,1-2,6-9H2,(H,19,21)(H,20,22). The van der Waals surface area contributed by atoms with E-state index in [0.29, 0.717) is 30.1 Å². The zero-order chi connectivity index (χ0) is 15.6. The van der Waals surface area contributed by atoms with Gasteiger partial charge in [0, 0.05) is 17.3 Å². The van der Waals surface area contributed by atoms with E-state index in [1.807, 2.05) is 0 Å². The summed E-state index contributed by atoms with van der Waals surface area (Å²) in [5, 5.41) is 15.1. The summed E-state index contributed by atoms with van der Waals surface area (Å²) in [6, 6.07) is 9.35. The predicted molar refractivity (Wildman–Crippen MR) is 82.1 cm³/mol. The van der Waals surface area contributed by atoms with Crippen LogP contribution in [0.15, 0.2) is 24.3 Å². The van der Waals surface area contributed by atoms with E-state index < -0.39 is 5.41 Å². The van der Waals surface area contributed by atoms with Gasteiger partial charge in [0.25, 0.3) is 5.91 Å². The van der Waals surface area contributed by atoms with Crippen LogP contribution in [0.1, 0.15) is 48.9 Å². The van der Waals surface area contributed by atoms with E-state index >= 15 is 0 Å². The second-order valence-electron chi connectivity index (χ2n) is 6.18. The van der Waals surface area contributed by atoms with Crippen molar-refractivity contribution in [1.29, 1.82) is 5.26 Å². The first-order valence-corrected chi connectivity index (χ1v) is 7.77. The van der Waals surface area contributed by atoms with E-state index in [1.165, 1.54) is 0 Å². The van der Waals surface area contributed by atoms with Crippen molar-refractivity contribution in [1.82, 2.24) is 5.32 Å². The summed E-state index contributed by atoms with van der Waals surface area (Å²) in [5.41, 5.74) is 0.184. The molecule has 2 aliphatic rings. The SMILES string of the molecule is N#CC1(C(=O)Nc2cccc(C(=O)NC3CC3)c2)CCCC1. The molecule has 1 aromatic rings. The fraction of sp³-hybridized carbons (Fsp3) is 0.471. The Kier molecular flexibility index (Phi) is 3.84. The second kappa shape index (κ2) is 5.80. The molecule has 2 saturated carbocycles. The Morgan fingerprint density at radius 2 is 1.95 bits per heavy atom. The van der Waals surface area contributed by atoms with E-state index in [1.54, 1.807) is 24.3 Å². The highest BCUT2D eigenvalue weighted by Gasteiger charge is 2.41. The number of rotatable bonds is 4. The van der Waals surface area contributed by atoms with E-state index in [-0.39, 0.29) is 11.8 Å². The van der Waals surface area contributed by atoms with Gasteiger partial charge in [-0.15, -0.1) is 0 Å². The summed E-state index contributed by atoms with van der Waals surface area (Å²) >= 11 is 0. The van der Waals surface area contributed by atoms with Crippen LogP contribution in [0.2, 0.25) is 0 Å². The number of anilines is 1. The zero-order valence-corrected chi connectivity index (χ0v) is 12.4. The highest BCUT2D eigenvalue weighted by molar-refractivity contribution is 6.00. The van der Waals surface area contributed by atoms with Gasteiger partial charge >= 0.3 is 0 Å². The van der Waals surface area contributed by atoms with Crippen molar-refractivity contribution in [2.24, 2.45) is 5.41 Å². The molecule has 0 saturated heterocycles. The molecule has 5 heteroatoms. The van der Waals surface area contributed by atoms with Gasteiger partial charge in [-0.3, -0.25) is 9.59 Å². The zero-order valence-electron chi connectivity index (χ0n) is 12.4. The molecule has 0 unspecified atom stereocenters. The maximum Gasteiger partial charge on any atom is 0.251 e. The Labute approximate surface area is 129 Å². The van der Waals surface area contributed by atoms with Crippen LogP contribution < -0.4 is 10.6 Å². The topological polar surface area (TPSA) is 82.0 Å². The average molecular weight is 297 g/mol. The molecular formula is C17H19N3O2. The quantitative estimate of drug-likeness (QED) is 0.896. The molecule has 114 valence electrons. The maximum atomic E-state index is 12.4. The normalized spacial score (nSPS) is 19.2. The summed E-state index contributed by atoms with van der Waals surface area (Å²) in [6.45, 7) is 0. The second-order valence-corrected chi connectivity index (χ2v) is 6.18. The molecule has 0 aromatic heterocycles. The van der Waals surface area contributed by atoms with Gasteiger partial charge in [-0.05, 0) is 43.9 Å². The summed E-state index contributed by atoms with van der Waals surface area (Å²) in [4.78, 5) is 24.4. The molecule has 2 N–H and O–H groups in total. The smallest absolute Gasteiger partial charge is 0.251 e. The van der Waals surface area contributed by atoms with Crippen molar-refractivity contribution in [3.63, 3.8) is 0 Å². The number of carbonyl (C=O) groups excluding carboxylic acids is 2. The summed E-state index contributed by atoms with van der Waals surface area (Å²) in [6.07, 6.45) is 5.10. The van der Waals surface area contributed by atoms with E-state index in [0.717, 1.165) is 25.7 Å². The minimum atomic E-state index is -0.910. The molecule has 5 nitrogen and oxygen atoms in total. The molecule has 2 amide bonds. The largest absolute Gasteiger partial charge is 0.349 e. The number of hydrogen-bond donors (Lipinski definition) is 2. The Balaban J connectivity index is 1.71. The van der Waals surface area contributed by atoms with Crippen LogP contribution in [0.5, 0.6) is 0 Å². The Morgan fingerprint density at radius 3 is 2.59 bits per heavy atom. The van der Waals surface area contributed by atoms with Crippen molar-refractivity contribution in [2.45, 2.75) is 44.6 Å². The number of amides is 2. The third kappa shape index (κ3) is 2.96. The summed E-state index contributed by atoms with van der Waals surface area (Å²) in [5.74, 6) is -0.373. The Morgan fingerprint density at radius 1 is 1.23 bits per heavy atom. The summed E-state index contributed by atoms with van der Waals surface area (Å²) in [7, 11) is 0. The van der Waals surface area contributed by atoms with Crippen LogP contribution in [-0.2, 0) is 4.79 Å². The lowest BCUT2D eigenvalue weighted by molar-refractivity contribution is -0.122. The van der Waals surface area contributed by atoms with Crippen LogP contribution in [-0.4, -0.2) is 17.9 Å². The van der Waals surface area contributed by atoms with Crippen LogP contribution in [0, 0.1) is 16.7 Å². The van der Waals surface area contributed by atoms with E-state index in [9.17, 15) is 14.9 Å². The van der Waals surface area contributed by atoms with Crippen molar-refractivity contribution >= 4 is 17.5 Å². The lowest BCUT2D eigenvalue weighted by Gasteiger charge is -2.19. The van der Waals surface area contributed by atoms with Gasteiger partial charge < -0.3 is 10.6 Å². The molecule has 0 spiro atoms. The third-order valence-corrected chi connectivity index (χ3v) is 4.40. The molecule has 0 heterocycles. The first-order valence-electron chi connectivity index (χ1n) is 7.77. The lowest BCUT2D eigenvalue weighted by atomic mass is 9.87. The van der Waals surface area contributed by atoms with Crippen molar-refractivity contribution in [3.8, 4) is 6.07 Å². The molecular weight excluding hydrogens is 278 g/mol.